The van der Waals surface area contributed by atoms with E-state index in [9.17, 15) is 0 Å². The number of hydrogen-bond donors (Lipinski definition) is 1. The smallest absolute Gasteiger partial charge is 0.253 e. The van der Waals surface area contributed by atoms with Crippen molar-refractivity contribution < 1.29 is 9.26 Å². The van der Waals surface area contributed by atoms with Gasteiger partial charge in [-0.05, 0) is 44.0 Å². The molecule has 0 atom stereocenters. The number of nitrogens with zero attached hydrogens (tertiary/aromatic N) is 3. The van der Waals surface area contributed by atoms with Crippen LogP contribution < -0.4 is 5.32 Å². The van der Waals surface area contributed by atoms with E-state index in [-0.39, 0.29) is 6.10 Å². The van der Waals surface area contributed by atoms with Gasteiger partial charge in [0.15, 0.2) is 0 Å². The summed E-state index contributed by atoms with van der Waals surface area (Å²) < 4.78 is 11.1. The number of aromatic nitrogens is 3. The number of nitrogens with one attached hydrogen (secondary N) is 1. The molecule has 0 unspecified atom stereocenters. The second kappa shape index (κ2) is 6.78. The summed E-state index contributed by atoms with van der Waals surface area (Å²) in [5.74, 6) is 1.05. The first-order chi connectivity index (χ1) is 10.4. The van der Waals surface area contributed by atoms with E-state index in [4.69, 9.17) is 9.26 Å². The Balaban J connectivity index is 1.65. The summed E-state index contributed by atoms with van der Waals surface area (Å²) in [4.78, 5) is 8.74. The minimum atomic E-state index is 0.280. The van der Waals surface area contributed by atoms with Crippen LogP contribution in [0.2, 0.25) is 0 Å². The molecule has 1 aliphatic rings. The maximum absolute atomic E-state index is 5.82. The second-order valence-electron chi connectivity index (χ2n) is 5.14. The quantitative estimate of drug-likeness (QED) is 0.906. The van der Waals surface area contributed by atoms with Gasteiger partial charge in [0.1, 0.15) is 12.3 Å². The predicted molar refractivity (Wildman–Crippen MR) is 77.6 cm³/mol. The highest BCUT2D eigenvalue weighted by molar-refractivity contribution is 5.53. The lowest BCUT2D eigenvalue weighted by atomic mass is 10.1. The zero-order chi connectivity index (χ0) is 14.5. The molecule has 0 aliphatic carbocycles. The molecule has 0 radical (unpaired) electrons. The average Bonchev–Trinajstić information content (AvgIpc) is 3.02. The summed E-state index contributed by atoms with van der Waals surface area (Å²) >= 11 is 0. The third kappa shape index (κ3) is 3.46. The molecule has 112 valence electrons. The summed E-state index contributed by atoms with van der Waals surface area (Å²) in [7, 11) is 0. The van der Waals surface area contributed by atoms with Crippen LogP contribution in [0.1, 0.15) is 31.2 Å². The van der Waals surface area contributed by atoms with Crippen molar-refractivity contribution in [1.82, 2.24) is 20.4 Å². The van der Waals surface area contributed by atoms with E-state index in [0.29, 0.717) is 18.3 Å². The van der Waals surface area contributed by atoms with E-state index in [1.165, 1.54) is 0 Å². The van der Waals surface area contributed by atoms with Crippen LogP contribution >= 0.6 is 0 Å². The van der Waals surface area contributed by atoms with Crippen LogP contribution in [0.3, 0.4) is 0 Å². The molecule has 6 heteroatoms. The molecule has 1 N–H and O–H groups in total. The Morgan fingerprint density at radius 3 is 3.05 bits per heavy atom. The standard InChI is InChI=1S/C15H20N4O2/c1-2-11-4-3-7-17-14(11)15-18-13(21-19-15)10-20-12-5-8-16-9-6-12/h3-4,7,12,16H,2,5-6,8-10H2,1H3. The van der Waals surface area contributed by atoms with Crippen LogP contribution in [0.4, 0.5) is 0 Å². The Morgan fingerprint density at radius 1 is 1.38 bits per heavy atom. The summed E-state index contributed by atoms with van der Waals surface area (Å²) in [5.41, 5.74) is 1.90. The average molecular weight is 288 g/mol. The molecule has 1 fully saturated rings. The van der Waals surface area contributed by atoms with E-state index in [2.05, 4.69) is 27.4 Å². The number of hydrogen-bond acceptors (Lipinski definition) is 6. The summed E-state index contributed by atoms with van der Waals surface area (Å²) in [6, 6.07) is 3.95. The minimum Gasteiger partial charge on any atom is -0.368 e. The Labute approximate surface area is 123 Å². The van der Waals surface area contributed by atoms with Crippen LogP contribution in [0.5, 0.6) is 0 Å². The topological polar surface area (TPSA) is 73.1 Å². The molecule has 21 heavy (non-hydrogen) atoms. The van der Waals surface area contributed by atoms with E-state index < -0.39 is 0 Å². The van der Waals surface area contributed by atoms with Gasteiger partial charge in [-0.2, -0.15) is 4.98 Å². The van der Waals surface area contributed by atoms with Gasteiger partial charge in [-0.1, -0.05) is 18.1 Å². The maximum atomic E-state index is 5.82. The fourth-order valence-electron chi connectivity index (χ4n) is 2.49. The van der Waals surface area contributed by atoms with E-state index in [1.807, 2.05) is 12.1 Å². The van der Waals surface area contributed by atoms with E-state index >= 15 is 0 Å². The third-order valence-corrected chi connectivity index (χ3v) is 3.68. The van der Waals surface area contributed by atoms with Gasteiger partial charge in [0.05, 0.1) is 6.10 Å². The first-order valence-corrected chi connectivity index (χ1v) is 7.46. The molecule has 1 aliphatic heterocycles. The molecule has 0 saturated carbocycles. The summed E-state index contributed by atoms with van der Waals surface area (Å²) in [6.45, 7) is 4.47. The van der Waals surface area contributed by atoms with Crippen LogP contribution in [0.15, 0.2) is 22.9 Å². The van der Waals surface area contributed by atoms with Crippen molar-refractivity contribution in [3.05, 3.63) is 29.8 Å². The van der Waals surface area contributed by atoms with Crippen LogP contribution in [0.25, 0.3) is 11.5 Å². The predicted octanol–water partition coefficient (Wildman–Crippen LogP) is 1.96. The molecule has 2 aromatic heterocycles. The molecule has 0 amide bonds. The van der Waals surface area contributed by atoms with Crippen molar-refractivity contribution in [1.29, 1.82) is 0 Å². The van der Waals surface area contributed by atoms with Crippen LogP contribution in [0, 0.1) is 0 Å². The SMILES string of the molecule is CCc1cccnc1-c1noc(COC2CCNCC2)n1. The van der Waals surface area contributed by atoms with Crippen molar-refractivity contribution >= 4 is 0 Å². The Morgan fingerprint density at radius 2 is 2.24 bits per heavy atom. The lowest BCUT2D eigenvalue weighted by molar-refractivity contribution is 0.00859. The molecule has 3 heterocycles. The van der Waals surface area contributed by atoms with Crippen molar-refractivity contribution in [2.45, 2.75) is 38.9 Å². The first kappa shape index (κ1) is 14.2. The molecular weight excluding hydrogens is 268 g/mol. The molecule has 0 aromatic carbocycles. The summed E-state index contributed by atoms with van der Waals surface area (Å²) in [6.07, 6.45) is 4.97. The van der Waals surface area contributed by atoms with Gasteiger partial charge in [-0.15, -0.1) is 0 Å². The van der Waals surface area contributed by atoms with Gasteiger partial charge in [-0.25, -0.2) is 0 Å². The largest absolute Gasteiger partial charge is 0.368 e. The molecule has 3 rings (SSSR count). The minimum absolute atomic E-state index is 0.280. The van der Waals surface area contributed by atoms with Gasteiger partial charge < -0.3 is 14.6 Å². The first-order valence-electron chi connectivity index (χ1n) is 7.46. The molecule has 6 nitrogen and oxygen atoms in total. The fourth-order valence-corrected chi connectivity index (χ4v) is 2.49. The van der Waals surface area contributed by atoms with Gasteiger partial charge in [0.2, 0.25) is 5.82 Å². The molecule has 1 saturated heterocycles. The molecular formula is C15H20N4O2. The van der Waals surface area contributed by atoms with Crippen LogP contribution in [-0.4, -0.2) is 34.3 Å². The fraction of sp³-hybridized carbons (Fsp3) is 0.533. The number of piperidine rings is 1. The van der Waals surface area contributed by atoms with E-state index in [1.54, 1.807) is 6.20 Å². The van der Waals surface area contributed by atoms with Crippen molar-refractivity contribution in [3.63, 3.8) is 0 Å². The zero-order valence-corrected chi connectivity index (χ0v) is 12.2. The Bertz CT molecular complexity index is 579. The number of pyridine rings is 1. The number of rotatable bonds is 5. The highest BCUT2D eigenvalue weighted by Gasteiger charge is 2.16. The zero-order valence-electron chi connectivity index (χ0n) is 12.2. The lowest BCUT2D eigenvalue weighted by Crippen LogP contribution is -2.32. The van der Waals surface area contributed by atoms with Gasteiger partial charge in [-0.3, -0.25) is 4.98 Å². The summed E-state index contributed by atoms with van der Waals surface area (Å²) in [5, 5.41) is 7.33. The van der Waals surface area contributed by atoms with Crippen molar-refractivity contribution in [2.75, 3.05) is 13.1 Å². The van der Waals surface area contributed by atoms with Crippen molar-refractivity contribution in [3.8, 4) is 11.5 Å². The highest BCUT2D eigenvalue weighted by atomic mass is 16.5. The second-order valence-corrected chi connectivity index (χ2v) is 5.14. The Kier molecular flexibility index (Phi) is 4.57. The number of aryl methyl sites for hydroxylation is 1. The molecule has 0 bridgehead atoms. The Hall–Kier alpha value is -1.79. The van der Waals surface area contributed by atoms with Gasteiger partial charge >= 0.3 is 0 Å². The van der Waals surface area contributed by atoms with Gasteiger partial charge in [0, 0.05) is 6.20 Å². The normalized spacial score (nSPS) is 16.2. The maximum Gasteiger partial charge on any atom is 0.253 e. The molecule has 0 spiro atoms. The van der Waals surface area contributed by atoms with Crippen molar-refractivity contribution in [2.24, 2.45) is 0 Å². The highest BCUT2D eigenvalue weighted by Crippen LogP contribution is 2.19. The third-order valence-electron chi connectivity index (χ3n) is 3.68. The molecule has 2 aromatic rings. The lowest BCUT2D eigenvalue weighted by Gasteiger charge is -2.21. The number of ether oxygens (including phenoxy) is 1. The van der Waals surface area contributed by atoms with Gasteiger partial charge in [0.25, 0.3) is 5.89 Å². The monoisotopic (exact) mass is 288 g/mol. The van der Waals surface area contributed by atoms with E-state index in [0.717, 1.165) is 43.6 Å². The van der Waals surface area contributed by atoms with Crippen LogP contribution in [-0.2, 0) is 17.8 Å².